The van der Waals surface area contributed by atoms with Gasteiger partial charge >= 0.3 is 0 Å². The van der Waals surface area contributed by atoms with Gasteiger partial charge in [-0.3, -0.25) is 14.5 Å². The lowest BCUT2D eigenvalue weighted by atomic mass is 10.0. The summed E-state index contributed by atoms with van der Waals surface area (Å²) in [5.41, 5.74) is 2.17. The molecule has 4 rings (SSSR count). The smallest absolute Gasteiger partial charge is 0.247 e. The number of nitrogens with one attached hydrogen (secondary N) is 1. The summed E-state index contributed by atoms with van der Waals surface area (Å²) in [6.45, 7) is 4.71. The van der Waals surface area contributed by atoms with Crippen LogP contribution in [0.15, 0.2) is 53.6 Å². The zero-order valence-electron chi connectivity index (χ0n) is 17.9. The molecule has 2 amide bonds. The Morgan fingerprint density at radius 1 is 1.23 bits per heavy atom. The number of carbonyl (C=O) groups is 2. The van der Waals surface area contributed by atoms with Gasteiger partial charge in [-0.25, -0.2) is 4.39 Å². The number of benzene rings is 2. The average molecular weight is 440 g/mol. The van der Waals surface area contributed by atoms with E-state index in [1.54, 1.807) is 12.1 Å². The Labute approximate surface area is 185 Å². The van der Waals surface area contributed by atoms with Crippen LogP contribution in [0.5, 0.6) is 0 Å². The van der Waals surface area contributed by atoms with Gasteiger partial charge in [-0.15, -0.1) is 0 Å². The van der Waals surface area contributed by atoms with Crippen molar-refractivity contribution in [1.29, 1.82) is 0 Å². The van der Waals surface area contributed by atoms with Gasteiger partial charge < -0.3 is 9.88 Å². The van der Waals surface area contributed by atoms with Crippen LogP contribution >= 0.6 is 11.8 Å². The number of hydrogen-bond donors (Lipinski definition) is 1. The number of nitrogens with zero attached hydrogens (tertiary/aromatic N) is 2. The van der Waals surface area contributed by atoms with Crippen LogP contribution < -0.4 is 10.2 Å². The summed E-state index contributed by atoms with van der Waals surface area (Å²) < 4.78 is 16.1. The van der Waals surface area contributed by atoms with Gasteiger partial charge in [0.05, 0.1) is 10.8 Å². The summed E-state index contributed by atoms with van der Waals surface area (Å²) in [6, 6.07) is 12.9. The molecule has 0 saturated heterocycles. The summed E-state index contributed by atoms with van der Waals surface area (Å²) >= 11 is 1.42. The number of carbonyl (C=O) groups excluding carboxylic acids is 2. The second-order valence-corrected chi connectivity index (χ2v) is 9.17. The molecule has 2 heterocycles. The number of hydrogen-bond acceptors (Lipinski definition) is 3. The third-order valence-electron chi connectivity index (χ3n) is 5.58. The minimum absolute atomic E-state index is 0.170. The summed E-state index contributed by atoms with van der Waals surface area (Å²) in [6.07, 6.45) is 0.837. The Morgan fingerprint density at radius 3 is 2.74 bits per heavy atom. The molecule has 1 aliphatic rings. The van der Waals surface area contributed by atoms with Crippen LogP contribution in [0.4, 0.5) is 10.1 Å². The van der Waals surface area contributed by atoms with E-state index in [9.17, 15) is 14.0 Å². The van der Waals surface area contributed by atoms with Crippen molar-refractivity contribution in [2.24, 2.45) is 13.0 Å². The highest BCUT2D eigenvalue weighted by Crippen LogP contribution is 2.43. The number of para-hydroxylation sites is 1. The quantitative estimate of drug-likeness (QED) is 0.629. The first-order valence-electron chi connectivity index (χ1n) is 10.4. The molecule has 0 unspecified atom stereocenters. The summed E-state index contributed by atoms with van der Waals surface area (Å²) in [7, 11) is 1.95. The molecule has 0 fully saturated rings. The van der Waals surface area contributed by atoms with Crippen molar-refractivity contribution in [2.75, 3.05) is 17.2 Å². The molecule has 2 aromatic carbocycles. The van der Waals surface area contributed by atoms with Crippen LogP contribution in [-0.2, 0) is 16.6 Å². The minimum Gasteiger partial charge on any atom is -0.354 e. The average Bonchev–Trinajstić information content (AvgIpc) is 2.91. The highest BCUT2D eigenvalue weighted by atomic mass is 32.2. The second kappa shape index (κ2) is 8.75. The normalized spacial score (nSPS) is 16.5. The van der Waals surface area contributed by atoms with Gasteiger partial charge in [0.15, 0.2) is 0 Å². The summed E-state index contributed by atoms with van der Waals surface area (Å²) in [4.78, 5) is 28.2. The van der Waals surface area contributed by atoms with Crippen molar-refractivity contribution in [3.63, 3.8) is 0 Å². The summed E-state index contributed by atoms with van der Waals surface area (Å²) in [5, 5.41) is 4.83. The van der Waals surface area contributed by atoms with Crippen molar-refractivity contribution >= 4 is 40.2 Å². The van der Waals surface area contributed by atoms with Gasteiger partial charge in [-0.05, 0) is 36.6 Å². The minimum atomic E-state index is -0.877. The number of aryl methyl sites for hydroxylation is 1. The zero-order chi connectivity index (χ0) is 22.1. The Hall–Kier alpha value is -2.80. The van der Waals surface area contributed by atoms with E-state index < -0.39 is 11.9 Å². The van der Waals surface area contributed by atoms with Crippen molar-refractivity contribution < 1.29 is 14.0 Å². The van der Waals surface area contributed by atoms with Crippen LogP contribution in [0.1, 0.15) is 31.9 Å². The van der Waals surface area contributed by atoms with Crippen LogP contribution in [0.2, 0.25) is 0 Å². The molecule has 1 aliphatic heterocycles. The predicted molar refractivity (Wildman–Crippen MR) is 123 cm³/mol. The molecular formula is C24H26FN3O2S. The molecule has 162 valence electrons. The van der Waals surface area contributed by atoms with E-state index in [-0.39, 0.29) is 17.6 Å². The molecule has 1 aromatic heterocycles. The van der Waals surface area contributed by atoms with Gasteiger partial charge in [0.25, 0.3) is 0 Å². The molecule has 1 atom stereocenters. The molecule has 0 saturated carbocycles. The predicted octanol–water partition coefficient (Wildman–Crippen LogP) is 4.66. The van der Waals surface area contributed by atoms with E-state index >= 15 is 0 Å². The first-order valence-corrected chi connectivity index (χ1v) is 11.4. The fraction of sp³-hybridized carbons (Fsp3) is 0.333. The lowest BCUT2D eigenvalue weighted by Crippen LogP contribution is -2.44. The van der Waals surface area contributed by atoms with Gasteiger partial charge in [0.1, 0.15) is 11.9 Å². The molecule has 3 aromatic rings. The van der Waals surface area contributed by atoms with Crippen LogP contribution in [0, 0.1) is 11.7 Å². The highest BCUT2D eigenvalue weighted by molar-refractivity contribution is 8.00. The Bertz CT molecular complexity index is 1140. The van der Waals surface area contributed by atoms with Crippen LogP contribution in [0.3, 0.4) is 0 Å². The fourth-order valence-electron chi connectivity index (χ4n) is 4.06. The van der Waals surface area contributed by atoms with Gasteiger partial charge in [0, 0.05) is 35.7 Å². The topological polar surface area (TPSA) is 54.3 Å². The maximum atomic E-state index is 14.1. The number of rotatable bonds is 5. The van der Waals surface area contributed by atoms with Gasteiger partial charge in [0.2, 0.25) is 11.8 Å². The van der Waals surface area contributed by atoms with E-state index in [4.69, 9.17) is 0 Å². The lowest BCUT2D eigenvalue weighted by molar-refractivity contribution is -0.125. The molecule has 1 N–H and O–H groups in total. The lowest BCUT2D eigenvalue weighted by Gasteiger charge is -2.30. The number of amides is 2. The molecular weight excluding hydrogens is 413 g/mol. The van der Waals surface area contributed by atoms with Gasteiger partial charge in [-0.1, -0.05) is 49.9 Å². The number of fused-ring (bicyclic) bond motifs is 3. The number of aromatic nitrogens is 1. The van der Waals surface area contributed by atoms with Crippen molar-refractivity contribution in [1.82, 2.24) is 9.88 Å². The van der Waals surface area contributed by atoms with Crippen molar-refractivity contribution in [2.45, 2.75) is 31.3 Å². The Balaban J connectivity index is 1.89. The second-order valence-electron chi connectivity index (χ2n) is 8.20. The SMILES string of the molecule is CC(C)CCNC(=O)[C@H]1c2c(n(C)c3ccccc23)SCC(=O)N1c1cccc(F)c1. The monoisotopic (exact) mass is 439 g/mol. The molecule has 0 bridgehead atoms. The zero-order valence-corrected chi connectivity index (χ0v) is 18.7. The first kappa shape index (κ1) is 21.4. The number of thioether (sulfide) groups is 1. The fourth-order valence-corrected chi connectivity index (χ4v) is 5.13. The van der Waals surface area contributed by atoms with E-state index in [1.165, 1.54) is 28.8 Å². The maximum Gasteiger partial charge on any atom is 0.247 e. The largest absolute Gasteiger partial charge is 0.354 e. The third kappa shape index (κ3) is 4.06. The third-order valence-corrected chi connectivity index (χ3v) is 6.74. The van der Waals surface area contributed by atoms with Crippen molar-refractivity contribution in [3.8, 4) is 0 Å². The molecule has 31 heavy (non-hydrogen) atoms. The first-order chi connectivity index (χ1) is 14.9. The molecule has 0 spiro atoms. The van der Waals surface area contributed by atoms with Crippen LogP contribution in [0.25, 0.3) is 10.9 Å². The molecule has 7 heteroatoms. The van der Waals surface area contributed by atoms with E-state index in [1.807, 2.05) is 35.9 Å². The summed E-state index contributed by atoms with van der Waals surface area (Å²) in [5.74, 6) is -0.305. The van der Waals surface area contributed by atoms with Gasteiger partial charge in [-0.2, -0.15) is 0 Å². The molecule has 5 nitrogen and oxygen atoms in total. The molecule has 0 radical (unpaired) electrons. The molecule has 0 aliphatic carbocycles. The number of anilines is 1. The van der Waals surface area contributed by atoms with E-state index in [2.05, 4.69) is 19.2 Å². The van der Waals surface area contributed by atoms with Crippen LogP contribution in [-0.4, -0.2) is 28.7 Å². The standard InChI is InChI=1S/C24H26FN3O2S/c1-15(2)11-12-26-23(30)22-21-18-9-4-5-10-19(18)27(3)24(21)31-14-20(29)28(22)17-8-6-7-16(25)13-17/h4-10,13,15,22H,11-12,14H2,1-3H3,(H,26,30)/t22-/m1/s1. The number of halogens is 1. The van der Waals surface area contributed by atoms with Crippen molar-refractivity contribution in [3.05, 3.63) is 59.9 Å². The Morgan fingerprint density at radius 2 is 2.00 bits per heavy atom. The van der Waals surface area contributed by atoms with E-state index in [0.717, 1.165) is 27.9 Å². The highest BCUT2D eigenvalue weighted by Gasteiger charge is 2.39. The maximum absolute atomic E-state index is 14.1. The Kier molecular flexibility index (Phi) is 6.05. The van der Waals surface area contributed by atoms with E-state index in [0.29, 0.717) is 18.2 Å².